The van der Waals surface area contributed by atoms with Crippen molar-refractivity contribution in [3.63, 3.8) is 0 Å². The average molecular weight is 471 g/mol. The average Bonchev–Trinajstić information content (AvgIpc) is 3.35. The third-order valence-corrected chi connectivity index (χ3v) is 7.03. The molecule has 178 valence electrons. The molecule has 0 bridgehead atoms. The zero-order chi connectivity index (χ0) is 23.8. The number of likely N-dealkylation sites (N-methyl/N-ethyl adjacent to an activating group) is 1. The van der Waals surface area contributed by atoms with Crippen LogP contribution in [0.1, 0.15) is 30.7 Å². The summed E-state index contributed by atoms with van der Waals surface area (Å²) in [5.41, 5.74) is 8.52. The van der Waals surface area contributed by atoms with Gasteiger partial charge < -0.3 is 20.1 Å². The minimum atomic E-state index is -0.307. The summed E-state index contributed by atoms with van der Waals surface area (Å²) in [6.07, 6.45) is 11.7. The second-order valence-electron chi connectivity index (χ2n) is 9.17. The van der Waals surface area contributed by atoms with Crippen LogP contribution in [0.15, 0.2) is 47.6 Å². The Morgan fingerprint density at radius 3 is 2.26 bits per heavy atom. The molecule has 4 aromatic heterocycles. The van der Waals surface area contributed by atoms with E-state index in [0.717, 1.165) is 68.1 Å². The molecule has 0 amide bonds. The smallest absolute Gasteiger partial charge is 0.278 e. The van der Waals surface area contributed by atoms with Crippen LogP contribution in [0.3, 0.4) is 0 Å². The molecule has 0 aromatic carbocycles. The highest BCUT2D eigenvalue weighted by Crippen LogP contribution is 2.48. The van der Waals surface area contributed by atoms with Gasteiger partial charge >= 0.3 is 0 Å². The second kappa shape index (κ2) is 8.66. The van der Waals surface area contributed by atoms with Crippen molar-refractivity contribution in [3.8, 4) is 22.8 Å². The Kier molecular flexibility index (Phi) is 5.33. The van der Waals surface area contributed by atoms with Crippen molar-refractivity contribution < 1.29 is 4.52 Å². The van der Waals surface area contributed by atoms with Gasteiger partial charge in [-0.05, 0) is 31.5 Å². The maximum Gasteiger partial charge on any atom is 0.278 e. The van der Waals surface area contributed by atoms with Crippen LogP contribution in [0.4, 0.5) is 11.8 Å². The van der Waals surface area contributed by atoms with E-state index in [1.807, 2.05) is 12.3 Å². The van der Waals surface area contributed by atoms with Crippen molar-refractivity contribution in [2.75, 3.05) is 43.9 Å². The van der Waals surface area contributed by atoms with Crippen molar-refractivity contribution >= 4 is 11.8 Å². The number of aromatic nitrogens is 7. The fourth-order valence-electron chi connectivity index (χ4n) is 4.64. The fraction of sp³-hybridized carbons (Fsp3) is 0.375. The Morgan fingerprint density at radius 1 is 0.857 bits per heavy atom. The third kappa shape index (κ3) is 3.97. The molecule has 5 heterocycles. The topological polar surface area (TPSA) is 136 Å². The maximum absolute atomic E-state index is 5.63. The van der Waals surface area contributed by atoms with Crippen molar-refractivity contribution in [2.45, 2.75) is 24.7 Å². The number of nitrogens with two attached hydrogens (primary N) is 1. The molecule has 35 heavy (non-hydrogen) atoms. The first-order valence-electron chi connectivity index (χ1n) is 11.8. The number of rotatable bonds is 5. The van der Waals surface area contributed by atoms with Gasteiger partial charge in [-0.25, -0.2) is 19.9 Å². The first kappa shape index (κ1) is 21.5. The van der Waals surface area contributed by atoms with Gasteiger partial charge in [-0.3, -0.25) is 4.98 Å². The van der Waals surface area contributed by atoms with Gasteiger partial charge in [0.25, 0.3) is 5.89 Å². The lowest BCUT2D eigenvalue weighted by atomic mass is 9.64. The quantitative estimate of drug-likeness (QED) is 0.459. The fourth-order valence-corrected chi connectivity index (χ4v) is 4.64. The Hall–Kier alpha value is -3.99. The highest BCUT2D eigenvalue weighted by molar-refractivity contribution is 5.58. The number of anilines is 2. The summed E-state index contributed by atoms with van der Waals surface area (Å²) in [6, 6.07) is 4.03. The van der Waals surface area contributed by atoms with Gasteiger partial charge in [-0.1, -0.05) is 17.6 Å². The lowest BCUT2D eigenvalue weighted by molar-refractivity contribution is 0.272. The summed E-state index contributed by atoms with van der Waals surface area (Å²) in [5.74, 6) is 2.15. The minimum absolute atomic E-state index is 0.241. The van der Waals surface area contributed by atoms with Gasteiger partial charge in [0.1, 0.15) is 11.5 Å². The Bertz CT molecular complexity index is 1290. The van der Waals surface area contributed by atoms with E-state index >= 15 is 0 Å². The number of pyridine rings is 1. The van der Waals surface area contributed by atoms with E-state index in [2.05, 4.69) is 53.0 Å². The molecule has 1 aliphatic carbocycles. The summed E-state index contributed by atoms with van der Waals surface area (Å²) in [7, 11) is 2.13. The van der Waals surface area contributed by atoms with Crippen LogP contribution >= 0.6 is 0 Å². The van der Waals surface area contributed by atoms with Crippen LogP contribution in [-0.4, -0.2) is 73.2 Å². The molecule has 0 radical (unpaired) electrons. The van der Waals surface area contributed by atoms with Crippen LogP contribution in [0.5, 0.6) is 0 Å². The highest BCUT2D eigenvalue weighted by Gasteiger charge is 2.45. The number of nitrogens with zero attached hydrogens (tertiary/aromatic N) is 9. The summed E-state index contributed by atoms with van der Waals surface area (Å²) in [5, 5.41) is 4.34. The molecule has 1 saturated heterocycles. The van der Waals surface area contributed by atoms with Crippen molar-refractivity contribution in [1.82, 2.24) is 40.0 Å². The van der Waals surface area contributed by atoms with Crippen LogP contribution in [0, 0.1) is 0 Å². The lowest BCUT2D eigenvalue weighted by Crippen LogP contribution is -2.44. The standard InChI is InChI=1S/C24H26N10O/c1-33-7-9-34(10-8-33)20-15-27-19(14-28-20)21-31-22(32-35-21)24(5-2-6-24)17-3-4-18(26-13-17)16-11-29-23(25)30-12-16/h3-4,11-15H,2,5-10H2,1H3,(H2,25,29,30). The van der Waals surface area contributed by atoms with Gasteiger partial charge in [0.05, 0.1) is 23.5 Å². The zero-order valence-corrected chi connectivity index (χ0v) is 19.5. The molecule has 2 aliphatic rings. The predicted octanol–water partition coefficient (Wildman–Crippen LogP) is 2.18. The molecule has 1 aliphatic heterocycles. The van der Waals surface area contributed by atoms with Gasteiger partial charge in [0.2, 0.25) is 5.95 Å². The number of hydrogen-bond acceptors (Lipinski definition) is 11. The molecule has 11 heteroatoms. The van der Waals surface area contributed by atoms with E-state index < -0.39 is 0 Å². The first-order valence-corrected chi connectivity index (χ1v) is 11.8. The van der Waals surface area contributed by atoms with Crippen LogP contribution in [0.2, 0.25) is 0 Å². The minimum Gasteiger partial charge on any atom is -0.368 e. The molecule has 2 fully saturated rings. The first-order chi connectivity index (χ1) is 17.1. The van der Waals surface area contributed by atoms with Gasteiger partial charge in [-0.2, -0.15) is 4.98 Å². The predicted molar refractivity (Wildman–Crippen MR) is 129 cm³/mol. The van der Waals surface area contributed by atoms with Crippen LogP contribution in [-0.2, 0) is 5.41 Å². The van der Waals surface area contributed by atoms with Crippen molar-refractivity contribution in [2.24, 2.45) is 0 Å². The number of nitrogen functional groups attached to an aromatic ring is 1. The van der Waals surface area contributed by atoms with E-state index in [1.54, 1.807) is 24.8 Å². The SMILES string of the molecule is CN1CCN(c2cnc(-c3nc(C4(c5ccc(-c6cnc(N)nc6)nc5)CCC4)no3)cn2)CC1. The van der Waals surface area contributed by atoms with Crippen molar-refractivity contribution in [3.05, 3.63) is 54.5 Å². The molecule has 6 rings (SSSR count). The molecule has 0 spiro atoms. The number of piperazine rings is 1. The van der Waals surface area contributed by atoms with E-state index in [9.17, 15) is 0 Å². The van der Waals surface area contributed by atoms with E-state index in [-0.39, 0.29) is 11.4 Å². The summed E-state index contributed by atoms with van der Waals surface area (Å²) in [6.45, 7) is 3.91. The summed E-state index contributed by atoms with van der Waals surface area (Å²) < 4.78 is 5.63. The largest absolute Gasteiger partial charge is 0.368 e. The van der Waals surface area contributed by atoms with Gasteiger partial charge in [0.15, 0.2) is 5.82 Å². The number of hydrogen-bond donors (Lipinski definition) is 1. The molecular formula is C24H26N10O. The Balaban J connectivity index is 1.22. The van der Waals surface area contributed by atoms with Gasteiger partial charge in [0, 0.05) is 50.3 Å². The second-order valence-corrected chi connectivity index (χ2v) is 9.17. The van der Waals surface area contributed by atoms with Crippen LogP contribution in [0.25, 0.3) is 22.8 Å². The Morgan fingerprint density at radius 2 is 1.63 bits per heavy atom. The molecule has 1 saturated carbocycles. The summed E-state index contributed by atoms with van der Waals surface area (Å²) >= 11 is 0. The van der Waals surface area contributed by atoms with E-state index in [1.165, 1.54) is 0 Å². The Labute approximate surface area is 202 Å². The zero-order valence-electron chi connectivity index (χ0n) is 19.5. The van der Waals surface area contributed by atoms with Crippen LogP contribution < -0.4 is 10.6 Å². The normalized spacial score (nSPS) is 17.8. The maximum atomic E-state index is 5.63. The van der Waals surface area contributed by atoms with Crippen molar-refractivity contribution in [1.29, 1.82) is 0 Å². The summed E-state index contributed by atoms with van der Waals surface area (Å²) in [4.78, 5) is 31.2. The molecule has 0 unspecified atom stereocenters. The van der Waals surface area contributed by atoms with E-state index in [4.69, 9.17) is 15.2 Å². The van der Waals surface area contributed by atoms with E-state index in [0.29, 0.717) is 17.4 Å². The third-order valence-electron chi connectivity index (χ3n) is 7.03. The molecule has 2 N–H and O–H groups in total. The molecular weight excluding hydrogens is 444 g/mol. The highest BCUT2D eigenvalue weighted by atomic mass is 16.5. The van der Waals surface area contributed by atoms with Gasteiger partial charge in [-0.15, -0.1) is 0 Å². The molecule has 0 atom stereocenters. The monoisotopic (exact) mass is 470 g/mol. The molecule has 11 nitrogen and oxygen atoms in total. The lowest BCUT2D eigenvalue weighted by Gasteiger charge is -2.39. The molecule has 4 aromatic rings.